The Morgan fingerprint density at radius 2 is 1.74 bits per heavy atom. The lowest BCUT2D eigenvalue weighted by molar-refractivity contribution is -0.135. The maximum Gasteiger partial charge on any atom is 0.248 e. The third-order valence-electron chi connectivity index (χ3n) is 3.34. The van der Waals surface area contributed by atoms with E-state index in [-0.39, 0.29) is 12.5 Å². The summed E-state index contributed by atoms with van der Waals surface area (Å²) in [5, 5.41) is 0. The molecule has 19 heavy (non-hydrogen) atoms. The maximum absolute atomic E-state index is 11.7. The zero-order chi connectivity index (χ0) is 13.7. The van der Waals surface area contributed by atoms with E-state index in [1.807, 2.05) is 29.2 Å². The van der Waals surface area contributed by atoms with Crippen molar-refractivity contribution in [3.05, 3.63) is 24.3 Å². The Balaban J connectivity index is 1.90. The summed E-state index contributed by atoms with van der Waals surface area (Å²) < 4.78 is 10.0. The molecule has 2 rings (SSSR count). The number of ether oxygens (including phenoxy) is 2. The molecular weight excluding hydrogens is 244 g/mol. The number of carbonyl (C=O) groups excluding carboxylic acids is 1. The Hall–Kier alpha value is -1.75. The summed E-state index contributed by atoms with van der Waals surface area (Å²) in [7, 11) is 3.21. The molecule has 5 heteroatoms. The van der Waals surface area contributed by atoms with E-state index < -0.39 is 0 Å². The van der Waals surface area contributed by atoms with Crippen LogP contribution in [0.4, 0.5) is 5.69 Å². The monoisotopic (exact) mass is 264 g/mol. The van der Waals surface area contributed by atoms with E-state index in [2.05, 4.69) is 4.90 Å². The van der Waals surface area contributed by atoms with E-state index in [0.29, 0.717) is 0 Å². The second-order valence-corrected chi connectivity index (χ2v) is 4.50. The fourth-order valence-corrected chi connectivity index (χ4v) is 2.22. The van der Waals surface area contributed by atoms with Gasteiger partial charge in [0.25, 0.3) is 0 Å². The first-order valence-electron chi connectivity index (χ1n) is 6.40. The van der Waals surface area contributed by atoms with Gasteiger partial charge < -0.3 is 19.3 Å². The lowest BCUT2D eigenvalue weighted by Gasteiger charge is -2.36. The van der Waals surface area contributed by atoms with Crippen LogP contribution in [-0.4, -0.2) is 57.8 Å². The van der Waals surface area contributed by atoms with Gasteiger partial charge in [-0.3, -0.25) is 4.79 Å². The topological polar surface area (TPSA) is 42.0 Å². The van der Waals surface area contributed by atoms with E-state index in [1.54, 1.807) is 14.2 Å². The first-order valence-corrected chi connectivity index (χ1v) is 6.40. The molecule has 1 aromatic rings. The zero-order valence-corrected chi connectivity index (χ0v) is 11.5. The quantitative estimate of drug-likeness (QED) is 0.813. The number of methoxy groups -OCH3 is 2. The van der Waals surface area contributed by atoms with Gasteiger partial charge in [0, 0.05) is 39.0 Å². The van der Waals surface area contributed by atoms with Gasteiger partial charge in [0.2, 0.25) is 5.91 Å². The van der Waals surface area contributed by atoms with Crippen LogP contribution in [0.1, 0.15) is 0 Å². The molecule has 0 spiro atoms. The molecular formula is C14H20N2O3. The first-order chi connectivity index (χ1) is 9.24. The van der Waals surface area contributed by atoms with E-state index in [1.165, 1.54) is 5.69 Å². The molecule has 1 fully saturated rings. The SMILES string of the molecule is COCC(=O)N1CCN(c2ccc(OC)cc2)CC1. The van der Waals surface area contributed by atoms with Gasteiger partial charge in [-0.2, -0.15) is 0 Å². The summed E-state index contributed by atoms with van der Waals surface area (Å²) >= 11 is 0. The minimum atomic E-state index is 0.0666. The number of hydrogen-bond donors (Lipinski definition) is 0. The van der Waals surface area contributed by atoms with E-state index >= 15 is 0 Å². The van der Waals surface area contributed by atoms with Crippen molar-refractivity contribution < 1.29 is 14.3 Å². The number of benzene rings is 1. The minimum Gasteiger partial charge on any atom is -0.497 e. The molecule has 104 valence electrons. The minimum absolute atomic E-state index is 0.0666. The van der Waals surface area contributed by atoms with Crippen molar-refractivity contribution in [2.45, 2.75) is 0 Å². The summed E-state index contributed by atoms with van der Waals surface area (Å²) in [6.07, 6.45) is 0. The Morgan fingerprint density at radius 3 is 2.26 bits per heavy atom. The normalized spacial score (nSPS) is 15.5. The highest BCUT2D eigenvalue weighted by molar-refractivity contribution is 5.77. The van der Waals surface area contributed by atoms with Gasteiger partial charge in [-0.15, -0.1) is 0 Å². The molecule has 0 N–H and O–H groups in total. The number of amides is 1. The number of piperazine rings is 1. The van der Waals surface area contributed by atoms with Crippen LogP contribution in [0.15, 0.2) is 24.3 Å². The third-order valence-corrected chi connectivity index (χ3v) is 3.34. The summed E-state index contributed by atoms with van der Waals surface area (Å²) in [5.41, 5.74) is 1.17. The molecule has 0 aliphatic carbocycles. The highest BCUT2D eigenvalue weighted by Crippen LogP contribution is 2.20. The molecule has 1 aromatic carbocycles. The largest absolute Gasteiger partial charge is 0.497 e. The van der Waals surface area contributed by atoms with Crippen LogP contribution in [0, 0.1) is 0 Å². The second-order valence-electron chi connectivity index (χ2n) is 4.50. The van der Waals surface area contributed by atoms with Crippen molar-refractivity contribution in [1.82, 2.24) is 4.90 Å². The highest BCUT2D eigenvalue weighted by atomic mass is 16.5. The van der Waals surface area contributed by atoms with Gasteiger partial charge in [-0.05, 0) is 24.3 Å². The lowest BCUT2D eigenvalue weighted by atomic mass is 10.2. The number of nitrogens with zero attached hydrogens (tertiary/aromatic N) is 2. The Morgan fingerprint density at radius 1 is 1.11 bits per heavy atom. The standard InChI is InChI=1S/C14H20N2O3/c1-18-11-14(17)16-9-7-15(8-10-16)12-3-5-13(19-2)6-4-12/h3-6H,7-11H2,1-2H3. The Bertz CT molecular complexity index is 411. The molecule has 5 nitrogen and oxygen atoms in total. The molecule has 1 aliphatic heterocycles. The number of carbonyl (C=O) groups is 1. The van der Waals surface area contributed by atoms with Crippen molar-refractivity contribution in [1.29, 1.82) is 0 Å². The highest BCUT2D eigenvalue weighted by Gasteiger charge is 2.20. The van der Waals surface area contributed by atoms with Gasteiger partial charge in [0.05, 0.1) is 7.11 Å². The number of hydrogen-bond acceptors (Lipinski definition) is 4. The predicted molar refractivity (Wildman–Crippen MR) is 73.7 cm³/mol. The maximum atomic E-state index is 11.7. The molecule has 1 amide bonds. The number of anilines is 1. The van der Waals surface area contributed by atoms with Crippen LogP contribution in [0.3, 0.4) is 0 Å². The van der Waals surface area contributed by atoms with Gasteiger partial charge in [0.15, 0.2) is 0 Å². The van der Waals surface area contributed by atoms with Gasteiger partial charge in [-0.25, -0.2) is 0 Å². The van der Waals surface area contributed by atoms with E-state index in [0.717, 1.165) is 31.9 Å². The molecule has 0 bridgehead atoms. The summed E-state index contributed by atoms with van der Waals surface area (Å²) in [6, 6.07) is 8.01. The van der Waals surface area contributed by atoms with Crippen LogP contribution in [-0.2, 0) is 9.53 Å². The zero-order valence-electron chi connectivity index (χ0n) is 11.5. The average molecular weight is 264 g/mol. The average Bonchev–Trinajstić information content (AvgIpc) is 2.48. The van der Waals surface area contributed by atoms with Crippen molar-refractivity contribution in [3.8, 4) is 5.75 Å². The summed E-state index contributed by atoms with van der Waals surface area (Å²) in [5.74, 6) is 0.925. The van der Waals surface area contributed by atoms with Crippen molar-refractivity contribution in [3.63, 3.8) is 0 Å². The fourth-order valence-electron chi connectivity index (χ4n) is 2.22. The molecule has 0 saturated carbocycles. The third kappa shape index (κ3) is 3.38. The molecule has 0 radical (unpaired) electrons. The molecule has 0 aromatic heterocycles. The Labute approximate surface area is 113 Å². The van der Waals surface area contributed by atoms with Crippen molar-refractivity contribution in [2.75, 3.05) is 51.9 Å². The molecule has 0 unspecified atom stereocenters. The summed E-state index contributed by atoms with van der Waals surface area (Å²) in [6.45, 7) is 3.36. The molecule has 1 aliphatic rings. The van der Waals surface area contributed by atoms with E-state index in [9.17, 15) is 4.79 Å². The van der Waals surface area contributed by atoms with Crippen LogP contribution in [0.2, 0.25) is 0 Å². The van der Waals surface area contributed by atoms with Crippen LogP contribution < -0.4 is 9.64 Å². The van der Waals surface area contributed by atoms with Crippen molar-refractivity contribution in [2.24, 2.45) is 0 Å². The smallest absolute Gasteiger partial charge is 0.248 e. The van der Waals surface area contributed by atoms with Crippen LogP contribution >= 0.6 is 0 Å². The summed E-state index contributed by atoms with van der Waals surface area (Å²) in [4.78, 5) is 15.8. The Kier molecular flexibility index (Phi) is 4.63. The molecule has 1 heterocycles. The van der Waals surface area contributed by atoms with E-state index in [4.69, 9.17) is 9.47 Å². The fraction of sp³-hybridized carbons (Fsp3) is 0.500. The first kappa shape index (κ1) is 13.7. The van der Waals surface area contributed by atoms with Crippen molar-refractivity contribution >= 4 is 11.6 Å². The second kappa shape index (κ2) is 6.43. The van der Waals surface area contributed by atoms with Crippen LogP contribution in [0.5, 0.6) is 5.75 Å². The molecule has 0 atom stereocenters. The van der Waals surface area contributed by atoms with Gasteiger partial charge >= 0.3 is 0 Å². The molecule has 1 saturated heterocycles. The van der Waals surface area contributed by atoms with Crippen LogP contribution in [0.25, 0.3) is 0 Å². The van der Waals surface area contributed by atoms with Gasteiger partial charge in [-0.1, -0.05) is 0 Å². The predicted octanol–water partition coefficient (Wildman–Crippen LogP) is 0.990. The number of rotatable bonds is 4. The lowest BCUT2D eigenvalue weighted by Crippen LogP contribution is -2.49. The van der Waals surface area contributed by atoms with Gasteiger partial charge in [0.1, 0.15) is 12.4 Å².